The zero-order valence-electron chi connectivity index (χ0n) is 13.2. The molecule has 1 N–H and O–H groups in total. The summed E-state index contributed by atoms with van der Waals surface area (Å²) in [6.07, 6.45) is 0. The van der Waals surface area contributed by atoms with Crippen LogP contribution in [0.5, 0.6) is 5.75 Å². The minimum Gasteiger partial charge on any atom is -0.496 e. The molecule has 2 atom stereocenters. The van der Waals surface area contributed by atoms with E-state index in [0.29, 0.717) is 11.7 Å². The summed E-state index contributed by atoms with van der Waals surface area (Å²) in [5.41, 5.74) is 2.30. The topological polar surface area (TPSA) is 38.3 Å². The van der Waals surface area contributed by atoms with E-state index < -0.39 is 10.8 Å². The zero-order valence-corrected chi connectivity index (χ0v) is 14.0. The molecule has 1 aromatic rings. The number of hydrogen-bond donors (Lipinski definition) is 1. The molecule has 0 heterocycles. The van der Waals surface area contributed by atoms with Crippen LogP contribution in [-0.2, 0) is 10.8 Å². The lowest BCUT2D eigenvalue weighted by Crippen LogP contribution is -2.28. The third kappa shape index (κ3) is 5.25. The molecule has 0 bridgehead atoms. The number of ether oxygens (including phenoxy) is 1. The van der Waals surface area contributed by atoms with Crippen molar-refractivity contribution in [1.29, 1.82) is 0 Å². The molecule has 0 aromatic heterocycles. The summed E-state index contributed by atoms with van der Waals surface area (Å²) in [5, 5.41) is 3.43. The van der Waals surface area contributed by atoms with Crippen molar-refractivity contribution in [3.05, 3.63) is 29.3 Å². The molecule has 20 heavy (non-hydrogen) atoms. The molecule has 0 spiro atoms. The molecule has 0 saturated carbocycles. The lowest BCUT2D eigenvalue weighted by Gasteiger charge is -2.21. The Hall–Kier alpha value is -0.870. The second kappa shape index (κ2) is 8.42. The van der Waals surface area contributed by atoms with Crippen LogP contribution in [-0.4, -0.2) is 29.4 Å². The fourth-order valence-corrected chi connectivity index (χ4v) is 3.81. The molecule has 4 heteroatoms. The highest BCUT2D eigenvalue weighted by Crippen LogP contribution is 2.27. The van der Waals surface area contributed by atoms with Gasteiger partial charge < -0.3 is 10.1 Å². The van der Waals surface area contributed by atoms with Crippen LogP contribution in [0.25, 0.3) is 0 Å². The minimum absolute atomic E-state index is 0.0782. The Labute approximate surface area is 125 Å². The smallest absolute Gasteiger partial charge is 0.123 e. The maximum Gasteiger partial charge on any atom is 0.123 e. The molecular formula is C16H27NO2S. The van der Waals surface area contributed by atoms with Crippen molar-refractivity contribution in [3.8, 4) is 5.75 Å². The maximum absolute atomic E-state index is 12.2. The van der Waals surface area contributed by atoms with Gasteiger partial charge in [0, 0.05) is 33.9 Å². The first-order valence-electron chi connectivity index (χ1n) is 7.20. The van der Waals surface area contributed by atoms with E-state index in [2.05, 4.69) is 39.1 Å². The number of benzene rings is 1. The molecule has 0 amide bonds. The van der Waals surface area contributed by atoms with Gasteiger partial charge in [0.15, 0.2) is 0 Å². The van der Waals surface area contributed by atoms with Gasteiger partial charge in [-0.05, 0) is 25.5 Å². The third-order valence-electron chi connectivity index (χ3n) is 3.08. The predicted molar refractivity (Wildman–Crippen MR) is 86.9 cm³/mol. The number of nitrogens with one attached hydrogen (secondary N) is 1. The standard InChI is InChI=1S/C16H27NO2S/c1-6-17-15(11-20(18)10-12(2)3)14-9-13(4)7-8-16(14)19-5/h7-9,12,15,17H,6,10-11H2,1-5H3. The van der Waals surface area contributed by atoms with Gasteiger partial charge in [-0.1, -0.05) is 38.5 Å². The van der Waals surface area contributed by atoms with Crippen molar-refractivity contribution in [2.24, 2.45) is 5.92 Å². The SMILES string of the molecule is CCNC(CS(=O)CC(C)C)c1cc(C)ccc1OC. The molecule has 0 aliphatic carbocycles. The Bertz CT molecular complexity index is 446. The molecule has 0 saturated heterocycles. The molecule has 3 nitrogen and oxygen atoms in total. The molecule has 0 aliphatic rings. The average Bonchev–Trinajstić information content (AvgIpc) is 2.37. The zero-order chi connectivity index (χ0) is 15.1. The van der Waals surface area contributed by atoms with Crippen molar-refractivity contribution in [1.82, 2.24) is 5.32 Å². The van der Waals surface area contributed by atoms with Gasteiger partial charge in [-0.25, -0.2) is 0 Å². The normalized spacial score (nSPS) is 14.3. The van der Waals surface area contributed by atoms with Gasteiger partial charge in [0.1, 0.15) is 5.75 Å². The summed E-state index contributed by atoms with van der Waals surface area (Å²) in [6, 6.07) is 6.23. The predicted octanol–water partition coefficient (Wildman–Crippen LogP) is 3.06. The van der Waals surface area contributed by atoms with Crippen LogP contribution < -0.4 is 10.1 Å². The van der Waals surface area contributed by atoms with E-state index in [1.54, 1.807) is 7.11 Å². The average molecular weight is 297 g/mol. The number of hydrogen-bond acceptors (Lipinski definition) is 3. The summed E-state index contributed by atoms with van der Waals surface area (Å²) in [5.74, 6) is 2.70. The maximum atomic E-state index is 12.2. The van der Waals surface area contributed by atoms with Gasteiger partial charge in [-0.3, -0.25) is 4.21 Å². The summed E-state index contributed by atoms with van der Waals surface area (Å²) >= 11 is 0. The molecule has 0 fully saturated rings. The molecule has 1 rings (SSSR count). The molecule has 114 valence electrons. The molecular weight excluding hydrogens is 270 g/mol. The third-order valence-corrected chi connectivity index (χ3v) is 4.83. The van der Waals surface area contributed by atoms with Gasteiger partial charge in [0.25, 0.3) is 0 Å². The van der Waals surface area contributed by atoms with Crippen LogP contribution in [0.3, 0.4) is 0 Å². The van der Waals surface area contributed by atoms with E-state index in [-0.39, 0.29) is 6.04 Å². The minimum atomic E-state index is -0.817. The Kier molecular flexibility index (Phi) is 7.24. The van der Waals surface area contributed by atoms with Gasteiger partial charge >= 0.3 is 0 Å². The second-order valence-corrected chi connectivity index (χ2v) is 7.07. The lowest BCUT2D eigenvalue weighted by atomic mass is 10.0. The quantitative estimate of drug-likeness (QED) is 0.801. The number of rotatable bonds is 8. The Morgan fingerprint density at radius 1 is 1.30 bits per heavy atom. The van der Waals surface area contributed by atoms with Gasteiger partial charge in [0.2, 0.25) is 0 Å². The monoisotopic (exact) mass is 297 g/mol. The van der Waals surface area contributed by atoms with Crippen molar-refractivity contribution in [3.63, 3.8) is 0 Å². The number of methoxy groups -OCH3 is 1. The van der Waals surface area contributed by atoms with Crippen molar-refractivity contribution in [2.45, 2.75) is 33.7 Å². The van der Waals surface area contributed by atoms with E-state index in [1.807, 2.05) is 12.1 Å². The first-order chi connectivity index (χ1) is 9.47. The van der Waals surface area contributed by atoms with E-state index in [0.717, 1.165) is 23.6 Å². The van der Waals surface area contributed by atoms with Gasteiger partial charge in [-0.15, -0.1) is 0 Å². The second-order valence-electron chi connectivity index (χ2n) is 5.52. The highest BCUT2D eigenvalue weighted by atomic mass is 32.2. The summed E-state index contributed by atoms with van der Waals surface area (Å²) in [4.78, 5) is 0. The Morgan fingerprint density at radius 2 is 2.00 bits per heavy atom. The summed E-state index contributed by atoms with van der Waals surface area (Å²) in [7, 11) is 0.866. The van der Waals surface area contributed by atoms with Crippen LogP contribution in [0.2, 0.25) is 0 Å². The van der Waals surface area contributed by atoms with E-state index >= 15 is 0 Å². The Morgan fingerprint density at radius 3 is 2.55 bits per heavy atom. The molecule has 1 aromatic carbocycles. The van der Waals surface area contributed by atoms with Crippen LogP contribution >= 0.6 is 0 Å². The van der Waals surface area contributed by atoms with Crippen LogP contribution in [0.4, 0.5) is 0 Å². The van der Waals surface area contributed by atoms with Crippen LogP contribution in [0.1, 0.15) is 37.9 Å². The van der Waals surface area contributed by atoms with Crippen molar-refractivity contribution < 1.29 is 8.95 Å². The molecule has 2 unspecified atom stereocenters. The van der Waals surface area contributed by atoms with Crippen molar-refractivity contribution in [2.75, 3.05) is 25.2 Å². The summed E-state index contributed by atoms with van der Waals surface area (Å²) < 4.78 is 17.7. The van der Waals surface area contributed by atoms with Crippen LogP contribution in [0.15, 0.2) is 18.2 Å². The van der Waals surface area contributed by atoms with Gasteiger partial charge in [0.05, 0.1) is 7.11 Å². The van der Waals surface area contributed by atoms with Crippen LogP contribution in [0, 0.1) is 12.8 Å². The fourth-order valence-electron chi connectivity index (χ4n) is 2.26. The fraction of sp³-hybridized carbons (Fsp3) is 0.625. The molecule has 0 aliphatic heterocycles. The van der Waals surface area contributed by atoms with E-state index in [1.165, 1.54) is 5.56 Å². The highest BCUT2D eigenvalue weighted by Gasteiger charge is 2.18. The molecule has 0 radical (unpaired) electrons. The van der Waals surface area contributed by atoms with E-state index in [4.69, 9.17) is 4.74 Å². The first-order valence-corrected chi connectivity index (χ1v) is 8.69. The summed E-state index contributed by atoms with van der Waals surface area (Å²) in [6.45, 7) is 9.19. The number of aryl methyl sites for hydroxylation is 1. The first kappa shape index (κ1) is 17.2. The largest absolute Gasteiger partial charge is 0.496 e. The van der Waals surface area contributed by atoms with E-state index in [9.17, 15) is 4.21 Å². The lowest BCUT2D eigenvalue weighted by molar-refractivity contribution is 0.402. The highest BCUT2D eigenvalue weighted by molar-refractivity contribution is 7.85. The van der Waals surface area contributed by atoms with Gasteiger partial charge in [-0.2, -0.15) is 0 Å². The Balaban J connectivity index is 2.95. The van der Waals surface area contributed by atoms with Crippen molar-refractivity contribution >= 4 is 10.8 Å².